The molecule has 3 atom stereocenters. The molecule has 2 fully saturated rings. The largest absolute Gasteiger partial charge is 0.453 e. The van der Waals surface area contributed by atoms with Gasteiger partial charge in [0.1, 0.15) is 0 Å². The summed E-state index contributed by atoms with van der Waals surface area (Å²) in [7, 11) is -2.11. The molecule has 1 saturated carbocycles. The summed E-state index contributed by atoms with van der Waals surface area (Å²) in [5, 5.41) is 0. The van der Waals surface area contributed by atoms with Crippen LogP contribution in [0.1, 0.15) is 43.6 Å². The lowest BCUT2D eigenvalue weighted by atomic mass is 9.83. The van der Waals surface area contributed by atoms with Crippen LogP contribution in [0.4, 0.5) is 4.79 Å². The molecule has 1 saturated heterocycles. The molecule has 0 spiro atoms. The van der Waals surface area contributed by atoms with Gasteiger partial charge in [0.25, 0.3) is 0 Å². The van der Waals surface area contributed by atoms with Crippen molar-refractivity contribution in [2.24, 2.45) is 0 Å². The summed E-state index contributed by atoms with van der Waals surface area (Å²) in [6.07, 6.45) is 6.82. The van der Waals surface area contributed by atoms with Crippen molar-refractivity contribution in [3.05, 3.63) is 48.6 Å². The molecule has 3 unspecified atom stereocenters. The van der Waals surface area contributed by atoms with Gasteiger partial charge in [-0.15, -0.1) is 6.58 Å². The Morgan fingerprint density at radius 2 is 1.90 bits per heavy atom. The van der Waals surface area contributed by atoms with Gasteiger partial charge in [0.15, 0.2) is 0 Å². The molecule has 1 aliphatic heterocycles. The van der Waals surface area contributed by atoms with E-state index in [1.54, 1.807) is 11.0 Å². The zero-order valence-corrected chi connectivity index (χ0v) is 18.5. The third kappa shape index (κ3) is 5.62. The summed E-state index contributed by atoms with van der Waals surface area (Å²) in [6.45, 7) is 4.05. The summed E-state index contributed by atoms with van der Waals surface area (Å²) in [5.41, 5.74) is 1.37. The molecule has 30 heavy (non-hydrogen) atoms. The third-order valence-corrected chi connectivity index (χ3v) is 6.88. The van der Waals surface area contributed by atoms with Gasteiger partial charge in [0, 0.05) is 6.04 Å². The molecule has 1 aliphatic carbocycles. The standard InChI is InChI=1S/C22H32N2O5S/c1-4-18-14-20(23-30(3,26)27)21(24(18)22(25)28-2)15-29-19-12-10-17(11-13-19)16-8-6-5-7-9-16/h4-9,17-21,23H,1,10-15H2,2-3H3. The fourth-order valence-electron chi connectivity index (χ4n) is 4.68. The second-order valence-electron chi connectivity index (χ2n) is 8.20. The molecule has 1 aromatic carbocycles. The van der Waals surface area contributed by atoms with Gasteiger partial charge in [-0.3, -0.25) is 4.90 Å². The van der Waals surface area contributed by atoms with Gasteiger partial charge in [0.05, 0.1) is 38.2 Å². The van der Waals surface area contributed by atoms with Crippen LogP contribution in [0.15, 0.2) is 43.0 Å². The second kappa shape index (κ2) is 9.94. The molecule has 0 aromatic heterocycles. The lowest BCUT2D eigenvalue weighted by molar-refractivity contribution is -0.00759. The first-order valence-electron chi connectivity index (χ1n) is 10.4. The number of rotatable bonds is 7. The van der Waals surface area contributed by atoms with Crippen LogP contribution in [0.5, 0.6) is 0 Å². The molecule has 1 amide bonds. The summed E-state index contributed by atoms with van der Waals surface area (Å²) in [4.78, 5) is 13.9. The third-order valence-electron chi connectivity index (χ3n) is 6.15. The van der Waals surface area contributed by atoms with E-state index in [9.17, 15) is 13.2 Å². The molecule has 7 nitrogen and oxygen atoms in total. The molecule has 3 rings (SSSR count). The number of methoxy groups -OCH3 is 1. The Kier molecular flexibility index (Phi) is 7.55. The fraction of sp³-hybridized carbons (Fsp3) is 0.591. The van der Waals surface area contributed by atoms with E-state index in [0.717, 1.165) is 31.9 Å². The van der Waals surface area contributed by atoms with E-state index in [4.69, 9.17) is 9.47 Å². The van der Waals surface area contributed by atoms with E-state index in [2.05, 4.69) is 35.6 Å². The minimum atomic E-state index is -3.43. The molecule has 1 heterocycles. The van der Waals surface area contributed by atoms with Gasteiger partial charge in [-0.05, 0) is 43.6 Å². The number of nitrogens with one attached hydrogen (secondary N) is 1. The zero-order chi connectivity index (χ0) is 21.7. The quantitative estimate of drug-likeness (QED) is 0.664. The van der Waals surface area contributed by atoms with E-state index < -0.39 is 28.2 Å². The normalized spacial score (nSPS) is 29.5. The first kappa shape index (κ1) is 22.8. The first-order valence-corrected chi connectivity index (χ1v) is 12.3. The Labute approximate surface area is 179 Å². The van der Waals surface area contributed by atoms with Crippen LogP contribution < -0.4 is 4.72 Å². The Morgan fingerprint density at radius 3 is 2.47 bits per heavy atom. The number of ether oxygens (including phenoxy) is 2. The van der Waals surface area contributed by atoms with Crippen LogP contribution >= 0.6 is 0 Å². The smallest absolute Gasteiger partial charge is 0.410 e. The van der Waals surface area contributed by atoms with Gasteiger partial charge in [-0.25, -0.2) is 17.9 Å². The lowest BCUT2D eigenvalue weighted by Gasteiger charge is -2.33. The van der Waals surface area contributed by atoms with E-state index in [0.29, 0.717) is 12.3 Å². The van der Waals surface area contributed by atoms with Crippen LogP contribution in [0.3, 0.4) is 0 Å². The van der Waals surface area contributed by atoms with Crippen molar-refractivity contribution in [2.45, 2.75) is 62.3 Å². The molecule has 8 heteroatoms. The van der Waals surface area contributed by atoms with Crippen molar-refractivity contribution in [1.29, 1.82) is 0 Å². The number of nitrogens with zero attached hydrogens (tertiary/aromatic N) is 1. The fourth-order valence-corrected chi connectivity index (χ4v) is 5.48. The topological polar surface area (TPSA) is 84.9 Å². The molecule has 166 valence electrons. The van der Waals surface area contributed by atoms with Crippen LogP contribution in [0.2, 0.25) is 0 Å². The lowest BCUT2D eigenvalue weighted by Crippen LogP contribution is -2.50. The average molecular weight is 437 g/mol. The monoisotopic (exact) mass is 436 g/mol. The Bertz CT molecular complexity index is 821. The minimum Gasteiger partial charge on any atom is -0.453 e. The van der Waals surface area contributed by atoms with Crippen LogP contribution in [0, 0.1) is 0 Å². The van der Waals surface area contributed by atoms with Gasteiger partial charge in [-0.2, -0.15) is 0 Å². The SMILES string of the molecule is C=CC1CC(NS(C)(=O)=O)C(COC2CCC(c3ccccc3)CC2)N1C(=O)OC. The second-order valence-corrected chi connectivity index (χ2v) is 9.98. The van der Waals surface area contributed by atoms with Crippen molar-refractivity contribution in [1.82, 2.24) is 9.62 Å². The van der Waals surface area contributed by atoms with E-state index in [1.807, 2.05) is 6.07 Å². The predicted molar refractivity (Wildman–Crippen MR) is 116 cm³/mol. The van der Waals surface area contributed by atoms with Crippen molar-refractivity contribution < 1.29 is 22.7 Å². The highest BCUT2D eigenvalue weighted by Crippen LogP contribution is 2.35. The van der Waals surface area contributed by atoms with E-state index in [1.165, 1.54) is 12.7 Å². The van der Waals surface area contributed by atoms with E-state index >= 15 is 0 Å². The van der Waals surface area contributed by atoms with Gasteiger partial charge in [0.2, 0.25) is 10.0 Å². The van der Waals surface area contributed by atoms with Crippen molar-refractivity contribution in [2.75, 3.05) is 20.0 Å². The van der Waals surface area contributed by atoms with Gasteiger partial charge in [-0.1, -0.05) is 36.4 Å². The number of sulfonamides is 1. The number of likely N-dealkylation sites (tertiary alicyclic amines) is 1. The molecule has 1 N–H and O–H groups in total. The maximum Gasteiger partial charge on any atom is 0.410 e. The number of amides is 1. The van der Waals surface area contributed by atoms with Crippen molar-refractivity contribution in [3.63, 3.8) is 0 Å². The summed E-state index contributed by atoms with van der Waals surface area (Å²) in [6, 6.07) is 9.34. The van der Waals surface area contributed by atoms with Crippen LogP contribution in [-0.2, 0) is 19.5 Å². The number of benzene rings is 1. The maximum atomic E-state index is 12.4. The Hall–Kier alpha value is -1.90. The maximum absolute atomic E-state index is 12.4. The van der Waals surface area contributed by atoms with Crippen molar-refractivity contribution >= 4 is 16.1 Å². The first-order chi connectivity index (χ1) is 14.3. The van der Waals surface area contributed by atoms with E-state index in [-0.39, 0.29) is 18.8 Å². The molecule has 1 aromatic rings. The Morgan fingerprint density at radius 1 is 1.23 bits per heavy atom. The average Bonchev–Trinajstić information content (AvgIpc) is 3.08. The highest BCUT2D eigenvalue weighted by atomic mass is 32.2. The minimum absolute atomic E-state index is 0.103. The summed E-state index contributed by atoms with van der Waals surface area (Å²) < 4.78 is 37.5. The number of hydrogen-bond donors (Lipinski definition) is 1. The van der Waals surface area contributed by atoms with Crippen molar-refractivity contribution in [3.8, 4) is 0 Å². The number of hydrogen-bond acceptors (Lipinski definition) is 5. The molecule has 0 radical (unpaired) electrons. The molecule has 2 aliphatic rings. The molecular weight excluding hydrogens is 404 g/mol. The van der Waals surface area contributed by atoms with Crippen LogP contribution in [0.25, 0.3) is 0 Å². The zero-order valence-electron chi connectivity index (χ0n) is 17.7. The molecule has 0 bridgehead atoms. The van der Waals surface area contributed by atoms with Gasteiger partial charge >= 0.3 is 6.09 Å². The summed E-state index contributed by atoms with van der Waals surface area (Å²) in [5.74, 6) is 0.550. The summed E-state index contributed by atoms with van der Waals surface area (Å²) >= 11 is 0. The highest BCUT2D eigenvalue weighted by molar-refractivity contribution is 7.88. The Balaban J connectivity index is 1.63. The van der Waals surface area contributed by atoms with Gasteiger partial charge < -0.3 is 9.47 Å². The van der Waals surface area contributed by atoms with Crippen LogP contribution in [-0.4, -0.2) is 63.6 Å². The highest BCUT2D eigenvalue weighted by Gasteiger charge is 2.44. The molecular formula is C22H32N2O5S. The predicted octanol–water partition coefficient (Wildman–Crippen LogP) is 3.04. The number of carbonyl (C=O) groups is 1. The number of carbonyl (C=O) groups excluding carboxylic acids is 1.